The molecule has 2 aromatic carbocycles. The molecule has 0 bridgehead atoms. The molecule has 1 aromatic heterocycles. The molecule has 23 heavy (non-hydrogen) atoms. The van der Waals surface area contributed by atoms with Gasteiger partial charge in [0.2, 0.25) is 0 Å². The van der Waals surface area contributed by atoms with Crippen molar-refractivity contribution in [3.05, 3.63) is 83.5 Å². The normalized spacial score (nSPS) is 10.3. The van der Waals surface area contributed by atoms with Gasteiger partial charge >= 0.3 is 0 Å². The van der Waals surface area contributed by atoms with Crippen molar-refractivity contribution in [1.29, 1.82) is 0 Å². The second-order valence-electron chi connectivity index (χ2n) is 4.90. The highest BCUT2D eigenvalue weighted by Crippen LogP contribution is 2.27. The average molecular weight is 324 g/mol. The number of amides is 1. The molecule has 2 N–H and O–H groups in total. The fourth-order valence-corrected chi connectivity index (χ4v) is 2.35. The summed E-state index contributed by atoms with van der Waals surface area (Å²) in [6.45, 7) is 0. The van der Waals surface area contributed by atoms with Crippen LogP contribution >= 0.6 is 11.6 Å². The van der Waals surface area contributed by atoms with E-state index in [1.54, 1.807) is 36.4 Å². The Balaban J connectivity index is 2.11. The number of hydrogen-bond donors (Lipinski definition) is 1. The lowest BCUT2D eigenvalue weighted by Gasteiger charge is -2.22. The van der Waals surface area contributed by atoms with Crippen molar-refractivity contribution in [3.8, 4) is 0 Å². The number of nitrogen functional groups attached to an aromatic ring is 1. The smallest absolute Gasteiger partial charge is 0.266 e. The molecular weight excluding hydrogens is 310 g/mol. The minimum atomic E-state index is -0.246. The summed E-state index contributed by atoms with van der Waals surface area (Å²) < 4.78 is 0. The maximum Gasteiger partial charge on any atom is 0.266 e. The van der Waals surface area contributed by atoms with Crippen molar-refractivity contribution in [2.45, 2.75) is 0 Å². The van der Waals surface area contributed by atoms with Crippen molar-refractivity contribution in [2.24, 2.45) is 0 Å². The van der Waals surface area contributed by atoms with Gasteiger partial charge in [0, 0.05) is 11.9 Å². The number of benzene rings is 2. The molecule has 1 heterocycles. The molecule has 0 aliphatic heterocycles. The summed E-state index contributed by atoms with van der Waals surface area (Å²) in [5, 5.41) is 0.508. The van der Waals surface area contributed by atoms with Crippen LogP contribution in [-0.2, 0) is 0 Å². The van der Waals surface area contributed by atoms with Gasteiger partial charge in [-0.15, -0.1) is 0 Å². The lowest BCUT2D eigenvalue weighted by atomic mass is 10.1. The minimum Gasteiger partial charge on any atom is -0.398 e. The van der Waals surface area contributed by atoms with E-state index in [4.69, 9.17) is 17.3 Å². The van der Waals surface area contributed by atoms with Gasteiger partial charge < -0.3 is 5.73 Å². The van der Waals surface area contributed by atoms with Gasteiger partial charge in [-0.05, 0) is 36.4 Å². The Kier molecular flexibility index (Phi) is 4.26. The van der Waals surface area contributed by atoms with E-state index in [1.807, 2.05) is 30.3 Å². The van der Waals surface area contributed by atoms with Gasteiger partial charge in [-0.25, -0.2) is 4.98 Å². The first-order valence-corrected chi connectivity index (χ1v) is 7.40. The van der Waals surface area contributed by atoms with Crippen LogP contribution in [0.1, 0.15) is 10.4 Å². The van der Waals surface area contributed by atoms with E-state index in [0.717, 1.165) is 0 Å². The number of aromatic nitrogens is 1. The van der Waals surface area contributed by atoms with Gasteiger partial charge in [0.15, 0.2) is 0 Å². The fraction of sp³-hybridized carbons (Fsp3) is 0. The number of anilines is 3. The van der Waals surface area contributed by atoms with E-state index in [9.17, 15) is 4.79 Å². The monoisotopic (exact) mass is 323 g/mol. The average Bonchev–Trinajstić information content (AvgIpc) is 2.58. The molecule has 4 nitrogen and oxygen atoms in total. The van der Waals surface area contributed by atoms with Crippen LogP contribution in [0.15, 0.2) is 72.9 Å². The zero-order valence-electron chi connectivity index (χ0n) is 12.2. The Morgan fingerprint density at radius 3 is 2.30 bits per heavy atom. The SMILES string of the molecule is Nc1ccccc1C(=O)N(c1ccccc1)c1ccc(Cl)cn1. The molecule has 3 rings (SSSR count). The van der Waals surface area contributed by atoms with E-state index in [1.165, 1.54) is 11.1 Å². The molecule has 0 aliphatic carbocycles. The quantitative estimate of drug-likeness (QED) is 0.731. The van der Waals surface area contributed by atoms with Crippen LogP contribution in [0, 0.1) is 0 Å². The highest BCUT2D eigenvalue weighted by Gasteiger charge is 2.22. The Hall–Kier alpha value is -2.85. The van der Waals surface area contributed by atoms with Crippen LogP contribution in [0.2, 0.25) is 5.02 Å². The second kappa shape index (κ2) is 6.50. The number of nitrogens with two attached hydrogens (primary N) is 1. The minimum absolute atomic E-state index is 0.246. The molecule has 0 aliphatic rings. The molecule has 0 spiro atoms. The summed E-state index contributed by atoms with van der Waals surface area (Å²) in [6, 6.07) is 19.7. The van der Waals surface area contributed by atoms with Crippen LogP contribution in [0.25, 0.3) is 0 Å². The van der Waals surface area contributed by atoms with E-state index in [-0.39, 0.29) is 5.91 Å². The summed E-state index contributed by atoms with van der Waals surface area (Å²) in [5.74, 6) is 0.234. The molecule has 0 radical (unpaired) electrons. The predicted molar refractivity (Wildman–Crippen MR) is 93.0 cm³/mol. The van der Waals surface area contributed by atoms with Gasteiger partial charge in [-0.2, -0.15) is 0 Å². The van der Waals surface area contributed by atoms with Crippen LogP contribution < -0.4 is 10.6 Å². The molecule has 0 fully saturated rings. The molecule has 0 saturated carbocycles. The Morgan fingerprint density at radius 1 is 0.957 bits per heavy atom. The van der Waals surface area contributed by atoms with Crippen molar-refractivity contribution in [3.63, 3.8) is 0 Å². The summed E-state index contributed by atoms with van der Waals surface area (Å²) in [4.78, 5) is 18.8. The van der Waals surface area contributed by atoms with Crippen molar-refractivity contribution < 1.29 is 4.79 Å². The number of halogens is 1. The standard InChI is InChI=1S/C18H14ClN3O/c19-13-10-11-17(21-12-13)22(14-6-2-1-3-7-14)18(23)15-8-4-5-9-16(15)20/h1-12H,20H2. The van der Waals surface area contributed by atoms with Crippen LogP contribution in [-0.4, -0.2) is 10.9 Å². The van der Waals surface area contributed by atoms with Crippen LogP contribution in [0.4, 0.5) is 17.2 Å². The summed E-state index contributed by atoms with van der Waals surface area (Å²) in [6.07, 6.45) is 1.51. The third kappa shape index (κ3) is 3.17. The van der Waals surface area contributed by atoms with Crippen LogP contribution in [0.3, 0.4) is 0 Å². The summed E-state index contributed by atoms with van der Waals surface area (Å²) >= 11 is 5.90. The fourth-order valence-electron chi connectivity index (χ4n) is 2.24. The van der Waals surface area contributed by atoms with Gasteiger partial charge in [-0.1, -0.05) is 41.9 Å². The number of pyridine rings is 1. The Bertz CT molecular complexity index is 819. The summed E-state index contributed by atoms with van der Waals surface area (Å²) in [7, 11) is 0. The first kappa shape index (κ1) is 15.1. The van der Waals surface area contributed by atoms with Crippen molar-refractivity contribution >= 4 is 34.7 Å². The highest BCUT2D eigenvalue weighted by molar-refractivity contribution is 6.30. The maximum absolute atomic E-state index is 13.0. The third-order valence-electron chi connectivity index (χ3n) is 3.35. The Labute approximate surface area is 139 Å². The second-order valence-corrected chi connectivity index (χ2v) is 5.33. The van der Waals surface area contributed by atoms with Gasteiger partial charge in [0.25, 0.3) is 5.91 Å². The lowest BCUT2D eigenvalue weighted by Crippen LogP contribution is -2.27. The van der Waals surface area contributed by atoms with E-state index < -0.39 is 0 Å². The number of carbonyl (C=O) groups is 1. The van der Waals surface area contributed by atoms with Crippen LogP contribution in [0.5, 0.6) is 0 Å². The zero-order valence-corrected chi connectivity index (χ0v) is 12.9. The molecule has 0 unspecified atom stereocenters. The molecule has 1 amide bonds. The largest absolute Gasteiger partial charge is 0.398 e. The predicted octanol–water partition coefficient (Wildman–Crippen LogP) is 4.30. The molecule has 0 saturated heterocycles. The van der Waals surface area contributed by atoms with Crippen molar-refractivity contribution in [2.75, 3.05) is 10.6 Å². The number of hydrogen-bond acceptors (Lipinski definition) is 3. The highest BCUT2D eigenvalue weighted by atomic mass is 35.5. The van der Waals surface area contributed by atoms with E-state index in [2.05, 4.69) is 4.98 Å². The first-order chi connectivity index (χ1) is 11.2. The van der Waals surface area contributed by atoms with Crippen molar-refractivity contribution in [1.82, 2.24) is 4.98 Å². The van der Waals surface area contributed by atoms with E-state index in [0.29, 0.717) is 27.8 Å². The molecular formula is C18H14ClN3O. The molecule has 0 atom stereocenters. The lowest BCUT2D eigenvalue weighted by molar-refractivity contribution is 0.0999. The third-order valence-corrected chi connectivity index (χ3v) is 3.57. The van der Waals surface area contributed by atoms with Gasteiger partial charge in [0.05, 0.1) is 16.3 Å². The number of para-hydroxylation sites is 2. The maximum atomic E-state index is 13.0. The number of rotatable bonds is 3. The number of carbonyl (C=O) groups excluding carboxylic acids is 1. The van der Waals surface area contributed by atoms with Gasteiger partial charge in [0.1, 0.15) is 5.82 Å². The molecule has 5 heteroatoms. The zero-order chi connectivity index (χ0) is 16.2. The molecule has 114 valence electrons. The Morgan fingerprint density at radius 2 is 1.65 bits per heavy atom. The first-order valence-electron chi connectivity index (χ1n) is 7.02. The number of nitrogens with zero attached hydrogens (tertiary/aromatic N) is 2. The molecule has 3 aromatic rings. The summed E-state index contributed by atoms with van der Waals surface area (Å²) in [5.41, 5.74) is 7.50. The van der Waals surface area contributed by atoms with Gasteiger partial charge in [-0.3, -0.25) is 9.69 Å². The van der Waals surface area contributed by atoms with E-state index >= 15 is 0 Å². The topological polar surface area (TPSA) is 59.2 Å².